The molecule has 0 atom stereocenters. The molecule has 5 nitrogen and oxygen atoms in total. The van der Waals surface area contributed by atoms with Crippen molar-refractivity contribution in [2.24, 2.45) is 0 Å². The minimum atomic E-state index is -0.518. The van der Waals surface area contributed by atoms with E-state index in [0.717, 1.165) is 10.9 Å². The number of H-pyrrole nitrogens is 1. The van der Waals surface area contributed by atoms with Crippen molar-refractivity contribution < 1.29 is 13.9 Å². The van der Waals surface area contributed by atoms with Gasteiger partial charge in [-0.1, -0.05) is 17.7 Å². The molecule has 2 aromatic carbocycles. The highest BCUT2D eigenvalue weighted by Gasteiger charge is 2.11. The lowest BCUT2D eigenvalue weighted by Crippen LogP contribution is -2.23. The molecule has 2 N–H and O–H groups in total. The summed E-state index contributed by atoms with van der Waals surface area (Å²) in [5.74, 6) is -0.267. The first kappa shape index (κ1) is 18.0. The van der Waals surface area contributed by atoms with Gasteiger partial charge in [0.15, 0.2) is 11.6 Å². The van der Waals surface area contributed by atoms with Gasteiger partial charge in [-0.2, -0.15) is 0 Å². The van der Waals surface area contributed by atoms with Gasteiger partial charge in [-0.15, -0.1) is 0 Å². The predicted octanol–water partition coefficient (Wildman–Crippen LogP) is 5.08. The Morgan fingerprint density at radius 2 is 2.07 bits per heavy atom. The summed E-state index contributed by atoms with van der Waals surface area (Å²) >= 11 is 5.96. The molecule has 4 rings (SSSR count). The van der Waals surface area contributed by atoms with Crippen molar-refractivity contribution >= 4 is 28.4 Å². The highest BCUT2D eigenvalue weighted by molar-refractivity contribution is 6.31. The Morgan fingerprint density at radius 1 is 1.18 bits per heavy atom. The first-order valence-electron chi connectivity index (χ1n) is 8.51. The Bertz CT molecular complexity index is 1150. The lowest BCUT2D eigenvalue weighted by atomic mass is 10.2. The van der Waals surface area contributed by atoms with E-state index in [0.29, 0.717) is 22.0 Å². The molecule has 0 saturated heterocycles. The fourth-order valence-corrected chi connectivity index (χ4v) is 2.96. The summed E-state index contributed by atoms with van der Waals surface area (Å²) in [6, 6.07) is 15.0. The summed E-state index contributed by atoms with van der Waals surface area (Å²) in [5.41, 5.74) is 1.84. The zero-order valence-electron chi connectivity index (χ0n) is 14.6. The van der Waals surface area contributed by atoms with E-state index in [1.165, 1.54) is 18.3 Å². The normalized spacial score (nSPS) is 10.8. The van der Waals surface area contributed by atoms with Crippen LogP contribution in [0.2, 0.25) is 5.02 Å². The number of aromatic nitrogens is 2. The molecule has 0 bridgehead atoms. The number of aromatic amines is 1. The second-order valence-electron chi connectivity index (χ2n) is 6.15. The van der Waals surface area contributed by atoms with E-state index in [4.69, 9.17) is 16.3 Å². The third-order valence-electron chi connectivity index (χ3n) is 4.14. The first-order chi connectivity index (χ1) is 13.6. The molecular formula is C21H15ClFN3O2. The van der Waals surface area contributed by atoms with Crippen LogP contribution in [0.25, 0.3) is 10.9 Å². The summed E-state index contributed by atoms with van der Waals surface area (Å²) in [7, 11) is 0. The van der Waals surface area contributed by atoms with Gasteiger partial charge in [0, 0.05) is 28.7 Å². The van der Waals surface area contributed by atoms with Crippen LogP contribution in [0, 0.1) is 5.82 Å². The molecule has 0 unspecified atom stereocenters. The average Bonchev–Trinajstić information content (AvgIpc) is 3.12. The molecular weight excluding hydrogens is 381 g/mol. The molecule has 2 heterocycles. The Morgan fingerprint density at radius 3 is 2.86 bits per heavy atom. The van der Waals surface area contributed by atoms with Gasteiger partial charge in [-0.05, 0) is 54.1 Å². The van der Waals surface area contributed by atoms with E-state index >= 15 is 0 Å². The molecule has 0 radical (unpaired) electrons. The fourth-order valence-electron chi connectivity index (χ4n) is 2.77. The van der Waals surface area contributed by atoms with Crippen molar-refractivity contribution in [2.45, 2.75) is 6.54 Å². The lowest BCUT2D eigenvalue weighted by Gasteiger charge is -2.09. The van der Waals surface area contributed by atoms with Gasteiger partial charge in [0.1, 0.15) is 11.4 Å². The van der Waals surface area contributed by atoms with Crippen LogP contribution in [0.15, 0.2) is 67.0 Å². The lowest BCUT2D eigenvalue weighted by molar-refractivity contribution is 0.0946. The Labute approximate surface area is 165 Å². The van der Waals surface area contributed by atoms with Crippen LogP contribution in [0.1, 0.15) is 16.1 Å². The van der Waals surface area contributed by atoms with E-state index < -0.39 is 5.82 Å². The van der Waals surface area contributed by atoms with Crippen molar-refractivity contribution in [2.75, 3.05) is 0 Å². The molecule has 4 aromatic rings. The third-order valence-corrected chi connectivity index (χ3v) is 4.37. The Hall–Kier alpha value is -3.38. The second-order valence-corrected chi connectivity index (χ2v) is 6.59. The van der Waals surface area contributed by atoms with Crippen LogP contribution in [0.3, 0.4) is 0 Å². The van der Waals surface area contributed by atoms with Gasteiger partial charge in [0.2, 0.25) is 0 Å². The third kappa shape index (κ3) is 3.97. The zero-order chi connectivity index (χ0) is 19.5. The van der Waals surface area contributed by atoms with Gasteiger partial charge in [0.25, 0.3) is 5.91 Å². The summed E-state index contributed by atoms with van der Waals surface area (Å²) in [5, 5.41) is 4.21. The van der Waals surface area contributed by atoms with Crippen molar-refractivity contribution in [1.29, 1.82) is 0 Å². The molecule has 140 valence electrons. The number of carbonyl (C=O) groups excluding carboxylic acids is 1. The number of fused-ring (bicyclic) bond motifs is 1. The largest absolute Gasteiger partial charge is 0.453 e. The van der Waals surface area contributed by atoms with Gasteiger partial charge >= 0.3 is 0 Å². The average molecular weight is 396 g/mol. The SMILES string of the molecule is O=C(NCc1ccc(Oc2cccnc2)c(F)c1)c1cc2cc(Cl)ccc2[nH]1. The van der Waals surface area contributed by atoms with Gasteiger partial charge < -0.3 is 15.0 Å². The molecule has 7 heteroatoms. The molecule has 0 aliphatic rings. The Balaban J connectivity index is 1.42. The molecule has 0 fully saturated rings. The standard InChI is InChI=1S/C21H15ClFN3O2/c22-15-4-5-18-14(9-15)10-19(26-18)21(27)25-11-13-3-6-20(17(23)8-13)28-16-2-1-7-24-12-16/h1-10,12,26H,11H2,(H,25,27). The highest BCUT2D eigenvalue weighted by atomic mass is 35.5. The van der Waals surface area contributed by atoms with Gasteiger partial charge in [-0.25, -0.2) is 4.39 Å². The van der Waals surface area contributed by atoms with E-state index in [1.54, 1.807) is 42.6 Å². The number of nitrogens with zero attached hydrogens (tertiary/aromatic N) is 1. The van der Waals surface area contributed by atoms with Crippen molar-refractivity contribution in [3.8, 4) is 11.5 Å². The number of pyridine rings is 1. The number of amides is 1. The summed E-state index contributed by atoms with van der Waals surface area (Å²) < 4.78 is 19.7. The van der Waals surface area contributed by atoms with E-state index in [-0.39, 0.29) is 18.2 Å². The fraction of sp³-hybridized carbons (Fsp3) is 0.0476. The van der Waals surface area contributed by atoms with E-state index in [9.17, 15) is 9.18 Å². The summed E-state index contributed by atoms with van der Waals surface area (Å²) in [6.45, 7) is 0.180. The quantitative estimate of drug-likeness (QED) is 0.495. The molecule has 0 saturated carbocycles. The number of hydrogen-bond donors (Lipinski definition) is 2. The Kier molecular flexibility index (Phi) is 4.95. The van der Waals surface area contributed by atoms with Crippen LogP contribution in [-0.4, -0.2) is 15.9 Å². The number of carbonyl (C=O) groups is 1. The summed E-state index contributed by atoms with van der Waals surface area (Å²) in [6.07, 6.45) is 3.11. The summed E-state index contributed by atoms with van der Waals surface area (Å²) in [4.78, 5) is 19.3. The minimum Gasteiger partial charge on any atom is -0.453 e. The number of benzene rings is 2. The number of hydrogen-bond acceptors (Lipinski definition) is 3. The molecule has 28 heavy (non-hydrogen) atoms. The second kappa shape index (κ2) is 7.70. The van der Waals surface area contributed by atoms with E-state index in [1.807, 2.05) is 6.07 Å². The minimum absolute atomic E-state index is 0.0931. The maximum atomic E-state index is 14.3. The predicted molar refractivity (Wildman–Crippen MR) is 105 cm³/mol. The van der Waals surface area contributed by atoms with Gasteiger partial charge in [-0.3, -0.25) is 9.78 Å². The van der Waals surface area contributed by atoms with Crippen LogP contribution >= 0.6 is 11.6 Å². The maximum absolute atomic E-state index is 14.3. The number of halogens is 2. The van der Waals surface area contributed by atoms with Crippen LogP contribution < -0.4 is 10.1 Å². The molecule has 0 aliphatic heterocycles. The maximum Gasteiger partial charge on any atom is 0.267 e. The van der Waals surface area contributed by atoms with Gasteiger partial charge in [0.05, 0.1) is 6.20 Å². The van der Waals surface area contributed by atoms with Crippen LogP contribution in [-0.2, 0) is 6.54 Å². The smallest absolute Gasteiger partial charge is 0.267 e. The van der Waals surface area contributed by atoms with Crippen molar-refractivity contribution in [3.05, 3.63) is 89.1 Å². The van der Waals surface area contributed by atoms with Crippen molar-refractivity contribution in [3.63, 3.8) is 0 Å². The molecule has 2 aromatic heterocycles. The number of rotatable bonds is 5. The van der Waals surface area contributed by atoms with Crippen LogP contribution in [0.5, 0.6) is 11.5 Å². The molecule has 1 amide bonds. The van der Waals surface area contributed by atoms with Crippen molar-refractivity contribution in [1.82, 2.24) is 15.3 Å². The number of ether oxygens (including phenoxy) is 1. The monoisotopic (exact) mass is 395 g/mol. The van der Waals surface area contributed by atoms with E-state index in [2.05, 4.69) is 15.3 Å². The first-order valence-corrected chi connectivity index (χ1v) is 8.89. The highest BCUT2D eigenvalue weighted by Crippen LogP contribution is 2.24. The van der Waals surface area contributed by atoms with Crippen LogP contribution in [0.4, 0.5) is 4.39 Å². The topological polar surface area (TPSA) is 67.0 Å². The molecule has 0 aliphatic carbocycles. The zero-order valence-corrected chi connectivity index (χ0v) is 15.3. The molecule has 0 spiro atoms. The number of nitrogens with one attached hydrogen (secondary N) is 2.